The highest BCUT2D eigenvalue weighted by molar-refractivity contribution is 6.76. The van der Waals surface area contributed by atoms with Crippen LogP contribution in [0.1, 0.15) is 48.5 Å². The maximum atomic E-state index is 12.4. The SMILES string of the molecule is CC1(C)CCc2ncnc(N3CCOc4ccc(-c5cnc6c(c5)nc(CN(CCc5ccccc5)C(=O)O)n6COCC[Si](C)(C)C)cc4C3)c2C1. The molecule has 1 N–H and O–H groups in total. The smallest absolute Gasteiger partial charge is 0.407 e. The topological polar surface area (TPSA) is 119 Å². The largest absolute Gasteiger partial charge is 0.491 e. The van der Waals surface area contributed by atoms with Gasteiger partial charge in [-0.2, -0.15) is 0 Å². The standard InChI is InChI=1S/C41H51N7O4Si/c1-41(2)15-13-34-33(23-41)38(44-27-43-34)46-17-18-52-36-12-11-30(21-32(36)25-46)31-22-35-39(42-24-31)48(28-51-19-20-53(3,4)5)37(45-35)26-47(40(49)50)16-14-29-9-7-6-8-10-29/h6-12,21-22,24,27H,13-20,23,25-26,28H2,1-5H3,(H,49,50). The lowest BCUT2D eigenvalue weighted by atomic mass is 9.76. The maximum absolute atomic E-state index is 12.4. The number of imidazole rings is 1. The van der Waals surface area contributed by atoms with E-state index < -0.39 is 14.2 Å². The number of fused-ring (bicyclic) bond motifs is 3. The summed E-state index contributed by atoms with van der Waals surface area (Å²) in [4.78, 5) is 35.6. The number of amides is 1. The molecule has 53 heavy (non-hydrogen) atoms. The summed E-state index contributed by atoms with van der Waals surface area (Å²) >= 11 is 0. The van der Waals surface area contributed by atoms with Crippen molar-refractivity contribution in [2.24, 2.45) is 5.41 Å². The molecule has 0 bridgehead atoms. The van der Waals surface area contributed by atoms with Gasteiger partial charge in [-0.05, 0) is 66.5 Å². The van der Waals surface area contributed by atoms with Crippen molar-refractivity contribution in [3.8, 4) is 16.9 Å². The average Bonchev–Trinajstić information content (AvgIpc) is 3.32. The van der Waals surface area contributed by atoms with Gasteiger partial charge >= 0.3 is 6.09 Å². The molecule has 0 saturated heterocycles. The first-order valence-corrected chi connectivity index (χ1v) is 22.4. The van der Waals surface area contributed by atoms with Crippen LogP contribution in [-0.4, -0.2) is 75.0 Å². The highest BCUT2D eigenvalue weighted by Crippen LogP contribution is 2.39. The predicted octanol–water partition coefficient (Wildman–Crippen LogP) is 7.84. The third-order valence-electron chi connectivity index (χ3n) is 10.4. The molecular weight excluding hydrogens is 683 g/mol. The van der Waals surface area contributed by atoms with Crippen molar-refractivity contribution < 1.29 is 19.4 Å². The number of hydrogen-bond acceptors (Lipinski definition) is 8. The van der Waals surface area contributed by atoms with Gasteiger partial charge in [-0.15, -0.1) is 0 Å². The van der Waals surface area contributed by atoms with Gasteiger partial charge in [0.05, 0.1) is 13.1 Å². The number of rotatable bonds is 12. The summed E-state index contributed by atoms with van der Waals surface area (Å²) in [6.45, 7) is 15.0. The Morgan fingerprint density at radius 1 is 1.06 bits per heavy atom. The summed E-state index contributed by atoms with van der Waals surface area (Å²) < 4.78 is 14.4. The van der Waals surface area contributed by atoms with E-state index in [0.29, 0.717) is 49.7 Å². The normalized spacial score (nSPS) is 15.4. The Labute approximate surface area is 313 Å². The molecule has 0 fully saturated rings. The van der Waals surface area contributed by atoms with Crippen LogP contribution in [0.25, 0.3) is 22.3 Å². The van der Waals surface area contributed by atoms with Gasteiger partial charge in [-0.3, -0.25) is 4.57 Å². The lowest BCUT2D eigenvalue weighted by Crippen LogP contribution is -2.32. The lowest BCUT2D eigenvalue weighted by Gasteiger charge is -2.33. The van der Waals surface area contributed by atoms with Crippen LogP contribution in [0.2, 0.25) is 25.7 Å². The van der Waals surface area contributed by atoms with Crippen LogP contribution in [0, 0.1) is 5.41 Å². The summed E-state index contributed by atoms with van der Waals surface area (Å²) in [5.74, 6) is 2.49. The number of carbonyl (C=O) groups is 1. The summed E-state index contributed by atoms with van der Waals surface area (Å²) in [5, 5.41) is 10.2. The van der Waals surface area contributed by atoms with Crippen molar-refractivity contribution in [1.82, 2.24) is 29.4 Å². The van der Waals surface area contributed by atoms with Gasteiger partial charge < -0.3 is 24.4 Å². The number of aromatic nitrogens is 5. The van der Waals surface area contributed by atoms with Crippen molar-refractivity contribution in [3.05, 3.63) is 95.3 Å². The number of ether oxygens (including phenoxy) is 2. The van der Waals surface area contributed by atoms with Crippen LogP contribution in [0.15, 0.2) is 67.1 Å². The average molecular weight is 734 g/mol. The summed E-state index contributed by atoms with van der Waals surface area (Å²) in [6.07, 6.45) is 6.27. The van der Waals surface area contributed by atoms with E-state index in [-0.39, 0.29) is 18.7 Å². The lowest BCUT2D eigenvalue weighted by molar-refractivity contribution is 0.0846. The number of aryl methyl sites for hydroxylation is 1. The van der Waals surface area contributed by atoms with E-state index in [2.05, 4.69) is 55.5 Å². The number of carboxylic acid groups (broad SMARTS) is 1. The summed E-state index contributed by atoms with van der Waals surface area (Å²) in [6, 6.07) is 19.3. The fourth-order valence-corrected chi connectivity index (χ4v) is 7.97. The Kier molecular flexibility index (Phi) is 10.5. The number of hydrogen-bond donors (Lipinski definition) is 1. The molecule has 0 spiro atoms. The van der Waals surface area contributed by atoms with E-state index >= 15 is 0 Å². The van der Waals surface area contributed by atoms with Crippen LogP contribution in [0.5, 0.6) is 5.75 Å². The van der Waals surface area contributed by atoms with E-state index in [4.69, 9.17) is 24.4 Å². The third-order valence-corrected chi connectivity index (χ3v) is 12.1. The van der Waals surface area contributed by atoms with Gasteiger partial charge in [0, 0.05) is 56.4 Å². The van der Waals surface area contributed by atoms with Crippen molar-refractivity contribution in [2.45, 2.75) is 85.0 Å². The van der Waals surface area contributed by atoms with Gasteiger partial charge in [0.15, 0.2) is 5.65 Å². The molecule has 0 unspecified atom stereocenters. The Morgan fingerprint density at radius 3 is 2.68 bits per heavy atom. The van der Waals surface area contributed by atoms with Crippen LogP contribution in [-0.2, 0) is 43.8 Å². The molecule has 0 saturated carbocycles. The first-order valence-electron chi connectivity index (χ1n) is 18.7. The van der Waals surface area contributed by atoms with E-state index in [1.54, 1.807) is 6.33 Å². The van der Waals surface area contributed by atoms with Crippen LogP contribution >= 0.6 is 0 Å². The first-order chi connectivity index (χ1) is 25.4. The van der Waals surface area contributed by atoms with E-state index in [1.165, 1.54) is 10.5 Å². The molecule has 2 aromatic carbocycles. The van der Waals surface area contributed by atoms with Crippen molar-refractivity contribution in [1.29, 1.82) is 0 Å². The van der Waals surface area contributed by atoms with E-state index in [0.717, 1.165) is 71.4 Å². The number of benzene rings is 2. The Morgan fingerprint density at radius 2 is 1.89 bits per heavy atom. The molecule has 1 amide bonds. The van der Waals surface area contributed by atoms with Gasteiger partial charge in [-0.25, -0.2) is 24.7 Å². The molecule has 0 atom stereocenters. The minimum absolute atomic E-state index is 0.126. The molecule has 278 valence electrons. The van der Waals surface area contributed by atoms with E-state index in [1.807, 2.05) is 53.2 Å². The number of pyridine rings is 1. The highest BCUT2D eigenvalue weighted by Gasteiger charge is 2.31. The minimum atomic E-state index is -1.30. The van der Waals surface area contributed by atoms with Gasteiger partial charge in [-0.1, -0.05) is 69.9 Å². The Balaban J connectivity index is 1.17. The second-order valence-corrected chi connectivity index (χ2v) is 22.0. The minimum Gasteiger partial charge on any atom is -0.491 e. The van der Waals surface area contributed by atoms with Crippen molar-refractivity contribution in [3.63, 3.8) is 0 Å². The second-order valence-electron chi connectivity index (χ2n) is 16.4. The van der Waals surface area contributed by atoms with Gasteiger partial charge in [0.2, 0.25) is 0 Å². The zero-order valence-electron chi connectivity index (χ0n) is 31.6. The fourth-order valence-electron chi connectivity index (χ4n) is 7.21. The third kappa shape index (κ3) is 8.71. The number of anilines is 1. The molecule has 11 nitrogen and oxygen atoms in total. The van der Waals surface area contributed by atoms with Crippen LogP contribution in [0.4, 0.5) is 10.6 Å². The first kappa shape index (κ1) is 36.5. The van der Waals surface area contributed by atoms with Crippen LogP contribution < -0.4 is 9.64 Å². The molecule has 1 aliphatic carbocycles. The molecule has 3 aromatic heterocycles. The number of nitrogens with zero attached hydrogens (tertiary/aromatic N) is 7. The van der Waals surface area contributed by atoms with Crippen molar-refractivity contribution in [2.75, 3.05) is 31.2 Å². The maximum Gasteiger partial charge on any atom is 0.407 e. The quantitative estimate of drug-likeness (QED) is 0.101. The highest BCUT2D eigenvalue weighted by atomic mass is 28.3. The molecule has 7 rings (SSSR count). The molecule has 1 aliphatic heterocycles. The summed E-state index contributed by atoms with van der Waals surface area (Å²) in [5.41, 5.74) is 8.11. The molecule has 0 radical (unpaired) electrons. The van der Waals surface area contributed by atoms with Crippen LogP contribution in [0.3, 0.4) is 0 Å². The van der Waals surface area contributed by atoms with Crippen molar-refractivity contribution >= 4 is 31.1 Å². The zero-order valence-corrected chi connectivity index (χ0v) is 32.6. The van der Waals surface area contributed by atoms with Gasteiger partial charge in [0.1, 0.15) is 42.6 Å². The predicted molar refractivity (Wildman–Crippen MR) is 210 cm³/mol. The van der Waals surface area contributed by atoms with Gasteiger partial charge in [0.25, 0.3) is 0 Å². The Hall–Kier alpha value is -4.81. The Bertz CT molecular complexity index is 2080. The summed E-state index contributed by atoms with van der Waals surface area (Å²) in [7, 11) is -1.30. The van der Waals surface area contributed by atoms with E-state index in [9.17, 15) is 9.90 Å². The molecular formula is C41H51N7O4Si. The second kappa shape index (κ2) is 15.3. The molecule has 4 heterocycles. The molecule has 12 heteroatoms. The zero-order chi connectivity index (χ0) is 37.2. The fraction of sp³-hybridized carbons (Fsp3) is 0.439. The molecule has 5 aromatic rings. The monoisotopic (exact) mass is 733 g/mol. The molecule has 2 aliphatic rings.